The Morgan fingerprint density at radius 1 is 0.960 bits per heavy atom. The maximum Gasteiger partial charge on any atom is 0.119 e. The normalized spacial score (nSPS) is 12.0. The second-order valence-corrected chi connectivity index (χ2v) is 6.18. The van der Waals surface area contributed by atoms with Crippen molar-refractivity contribution in [1.82, 2.24) is 0 Å². The van der Waals surface area contributed by atoms with Crippen molar-refractivity contribution in [3.8, 4) is 16.9 Å². The number of aliphatic hydroxyl groups is 1. The van der Waals surface area contributed by atoms with E-state index in [1.54, 1.807) is 0 Å². The fourth-order valence-corrected chi connectivity index (χ4v) is 3.04. The van der Waals surface area contributed by atoms with Gasteiger partial charge < -0.3 is 15.6 Å². The van der Waals surface area contributed by atoms with E-state index >= 15 is 0 Å². The van der Waals surface area contributed by atoms with Crippen molar-refractivity contribution in [2.24, 2.45) is 5.73 Å². The molecule has 0 aromatic heterocycles. The molecule has 0 saturated carbocycles. The summed E-state index contributed by atoms with van der Waals surface area (Å²) in [7, 11) is 0. The Morgan fingerprint density at radius 2 is 1.72 bits per heavy atom. The van der Waals surface area contributed by atoms with E-state index in [9.17, 15) is 5.11 Å². The van der Waals surface area contributed by atoms with E-state index < -0.39 is 6.04 Å². The van der Waals surface area contributed by atoms with Crippen molar-refractivity contribution >= 4 is 11.6 Å². The van der Waals surface area contributed by atoms with Crippen molar-refractivity contribution in [2.45, 2.75) is 12.6 Å². The third kappa shape index (κ3) is 4.20. The highest BCUT2D eigenvalue weighted by atomic mass is 35.5. The molecule has 0 radical (unpaired) electrons. The molecule has 4 heteroatoms. The van der Waals surface area contributed by atoms with Crippen molar-refractivity contribution in [3.05, 3.63) is 88.9 Å². The van der Waals surface area contributed by atoms with Crippen molar-refractivity contribution < 1.29 is 9.84 Å². The molecular weight excluding hydrogens is 334 g/mol. The number of ether oxygens (including phenoxy) is 1. The number of para-hydroxylation sites is 1. The molecule has 0 aliphatic heterocycles. The van der Waals surface area contributed by atoms with Gasteiger partial charge in [-0.1, -0.05) is 66.2 Å². The second-order valence-electron chi connectivity index (χ2n) is 5.80. The quantitative estimate of drug-likeness (QED) is 0.682. The lowest BCUT2D eigenvalue weighted by Crippen LogP contribution is -2.15. The molecule has 3 N–H and O–H groups in total. The molecule has 0 spiro atoms. The number of benzene rings is 3. The van der Waals surface area contributed by atoms with Crippen LogP contribution in [0.1, 0.15) is 17.2 Å². The standard InChI is InChI=1S/C21H20ClNO2/c22-21-18(10-5-11-19(21)20(23)13-24)16-7-4-6-15(12-16)14-25-17-8-2-1-3-9-17/h1-12,20,24H,13-14,23H2. The van der Waals surface area contributed by atoms with Gasteiger partial charge in [0.1, 0.15) is 12.4 Å². The maximum atomic E-state index is 9.30. The summed E-state index contributed by atoms with van der Waals surface area (Å²) < 4.78 is 5.81. The Morgan fingerprint density at radius 3 is 2.48 bits per heavy atom. The number of nitrogens with two attached hydrogens (primary N) is 1. The first-order valence-corrected chi connectivity index (χ1v) is 8.49. The van der Waals surface area contributed by atoms with E-state index in [4.69, 9.17) is 22.1 Å². The average molecular weight is 354 g/mol. The lowest BCUT2D eigenvalue weighted by Gasteiger charge is -2.15. The average Bonchev–Trinajstić information content (AvgIpc) is 2.67. The Bertz CT molecular complexity index is 836. The highest BCUT2D eigenvalue weighted by Crippen LogP contribution is 2.33. The summed E-state index contributed by atoms with van der Waals surface area (Å²) in [5, 5.41) is 9.87. The van der Waals surface area contributed by atoms with Crippen LogP contribution in [0.25, 0.3) is 11.1 Å². The van der Waals surface area contributed by atoms with E-state index in [0.717, 1.165) is 28.0 Å². The van der Waals surface area contributed by atoms with E-state index in [-0.39, 0.29) is 6.61 Å². The highest BCUT2D eigenvalue weighted by molar-refractivity contribution is 6.34. The zero-order valence-electron chi connectivity index (χ0n) is 13.7. The zero-order chi connectivity index (χ0) is 17.6. The van der Waals surface area contributed by atoms with E-state index in [1.807, 2.05) is 66.7 Å². The van der Waals surface area contributed by atoms with Crippen LogP contribution >= 0.6 is 11.6 Å². The van der Waals surface area contributed by atoms with Crippen LogP contribution in [0, 0.1) is 0 Å². The van der Waals surface area contributed by atoms with Crippen LogP contribution < -0.4 is 10.5 Å². The van der Waals surface area contributed by atoms with Gasteiger partial charge in [-0.25, -0.2) is 0 Å². The minimum Gasteiger partial charge on any atom is -0.489 e. The van der Waals surface area contributed by atoms with Gasteiger partial charge in [0, 0.05) is 5.56 Å². The molecule has 1 atom stereocenters. The van der Waals surface area contributed by atoms with Crippen LogP contribution in [0.4, 0.5) is 0 Å². The molecule has 3 rings (SSSR count). The molecule has 0 saturated heterocycles. The van der Waals surface area contributed by atoms with Gasteiger partial charge in [0.2, 0.25) is 0 Å². The van der Waals surface area contributed by atoms with Crippen LogP contribution in [0.15, 0.2) is 72.8 Å². The zero-order valence-corrected chi connectivity index (χ0v) is 14.5. The molecule has 1 unspecified atom stereocenters. The third-order valence-corrected chi connectivity index (χ3v) is 4.43. The van der Waals surface area contributed by atoms with Gasteiger partial charge in [0.15, 0.2) is 0 Å². The fraction of sp³-hybridized carbons (Fsp3) is 0.143. The number of hydrogen-bond donors (Lipinski definition) is 2. The number of aliphatic hydroxyl groups excluding tert-OH is 1. The molecule has 0 aliphatic rings. The summed E-state index contributed by atoms with van der Waals surface area (Å²) in [6, 6.07) is 23.0. The molecule has 3 aromatic rings. The Labute approximate surface area is 152 Å². The molecule has 0 amide bonds. The summed E-state index contributed by atoms with van der Waals surface area (Å²) in [6.07, 6.45) is 0. The maximum absolute atomic E-state index is 9.30. The first kappa shape index (κ1) is 17.5. The summed E-state index contributed by atoms with van der Waals surface area (Å²) >= 11 is 6.52. The molecule has 128 valence electrons. The van der Waals surface area contributed by atoms with Crippen LogP contribution in [-0.4, -0.2) is 11.7 Å². The van der Waals surface area contributed by atoms with Crippen LogP contribution in [0.2, 0.25) is 5.02 Å². The van der Waals surface area contributed by atoms with Crippen molar-refractivity contribution in [1.29, 1.82) is 0 Å². The minimum atomic E-state index is -0.489. The van der Waals surface area contributed by atoms with Gasteiger partial charge in [0.05, 0.1) is 17.7 Å². The number of hydrogen-bond acceptors (Lipinski definition) is 3. The fourth-order valence-electron chi connectivity index (χ4n) is 2.67. The van der Waals surface area contributed by atoms with Crippen LogP contribution in [0.3, 0.4) is 0 Å². The van der Waals surface area contributed by atoms with Crippen LogP contribution in [-0.2, 0) is 6.61 Å². The lowest BCUT2D eigenvalue weighted by atomic mass is 9.98. The predicted octanol–water partition coefficient (Wildman–Crippen LogP) is 4.58. The van der Waals surface area contributed by atoms with Gasteiger partial charge in [-0.05, 0) is 34.9 Å². The Hall–Kier alpha value is -2.33. The van der Waals surface area contributed by atoms with E-state index in [2.05, 4.69) is 6.07 Å². The predicted molar refractivity (Wildman–Crippen MR) is 102 cm³/mol. The SMILES string of the molecule is NC(CO)c1cccc(-c2cccc(COc3ccccc3)c2)c1Cl. The molecule has 0 bridgehead atoms. The van der Waals surface area contributed by atoms with Gasteiger partial charge in [-0.2, -0.15) is 0 Å². The first-order valence-electron chi connectivity index (χ1n) is 8.11. The minimum absolute atomic E-state index is 0.145. The van der Waals surface area contributed by atoms with Gasteiger partial charge in [-0.15, -0.1) is 0 Å². The second kappa shape index (κ2) is 8.17. The molecular formula is C21H20ClNO2. The van der Waals surface area contributed by atoms with Gasteiger partial charge in [0.25, 0.3) is 0 Å². The number of rotatable bonds is 6. The molecule has 3 aromatic carbocycles. The molecule has 0 heterocycles. The summed E-state index contributed by atoms with van der Waals surface area (Å²) in [5.41, 5.74) is 9.61. The van der Waals surface area contributed by atoms with Crippen molar-refractivity contribution in [3.63, 3.8) is 0 Å². The Balaban J connectivity index is 1.84. The first-order chi connectivity index (χ1) is 12.2. The molecule has 3 nitrogen and oxygen atoms in total. The van der Waals surface area contributed by atoms with E-state index in [0.29, 0.717) is 11.6 Å². The topological polar surface area (TPSA) is 55.5 Å². The molecule has 25 heavy (non-hydrogen) atoms. The monoisotopic (exact) mass is 353 g/mol. The smallest absolute Gasteiger partial charge is 0.119 e. The van der Waals surface area contributed by atoms with Crippen LogP contribution in [0.5, 0.6) is 5.75 Å². The third-order valence-electron chi connectivity index (χ3n) is 4.01. The Kier molecular flexibility index (Phi) is 5.71. The lowest BCUT2D eigenvalue weighted by molar-refractivity contribution is 0.268. The summed E-state index contributed by atoms with van der Waals surface area (Å²) in [4.78, 5) is 0. The molecule has 0 aliphatic carbocycles. The summed E-state index contributed by atoms with van der Waals surface area (Å²) in [5.74, 6) is 0.835. The van der Waals surface area contributed by atoms with Gasteiger partial charge in [-0.3, -0.25) is 0 Å². The highest BCUT2D eigenvalue weighted by Gasteiger charge is 2.13. The number of halogens is 1. The molecule has 0 fully saturated rings. The largest absolute Gasteiger partial charge is 0.489 e. The van der Waals surface area contributed by atoms with E-state index in [1.165, 1.54) is 0 Å². The van der Waals surface area contributed by atoms with Crippen molar-refractivity contribution in [2.75, 3.05) is 6.61 Å². The summed E-state index contributed by atoms with van der Waals surface area (Å²) in [6.45, 7) is 0.333. The van der Waals surface area contributed by atoms with Gasteiger partial charge >= 0.3 is 0 Å².